The minimum atomic E-state index is 0.606. The molecule has 0 aromatic heterocycles. The summed E-state index contributed by atoms with van der Waals surface area (Å²) in [5, 5.41) is 0. The Kier molecular flexibility index (Phi) is 24.7. The first-order valence-corrected chi connectivity index (χ1v) is 17.9. The van der Waals surface area contributed by atoms with Gasteiger partial charge in [-0.05, 0) is 33.1 Å². The van der Waals surface area contributed by atoms with Crippen molar-refractivity contribution in [3.05, 3.63) is 12.4 Å². The molecule has 2 heteroatoms. The molecule has 0 aromatic carbocycles. The van der Waals surface area contributed by atoms with Crippen LogP contribution in [0.15, 0.2) is 12.4 Å². The lowest BCUT2D eigenvalue weighted by Crippen LogP contribution is -2.42. The second-order valence-electron chi connectivity index (χ2n) is 12.8. The van der Waals surface area contributed by atoms with Gasteiger partial charge in [0.1, 0.15) is 6.17 Å². The highest BCUT2D eigenvalue weighted by molar-refractivity contribution is 4.98. The Balaban J connectivity index is 2.01. The Hall–Kier alpha value is -0.660. The molecule has 0 spiro atoms. The largest absolute Gasteiger partial charge is 0.356 e. The zero-order valence-corrected chi connectivity index (χ0v) is 27.0. The second-order valence-corrected chi connectivity index (χ2v) is 12.8. The monoisotopic (exact) mass is 533 g/mol. The standard InChI is InChI=1S/C36H72N2/c1-5-7-9-11-13-15-17-19-20-22-24-26-28-30-32-37-33-34-38(35(3)4)36(37)31-29-27-25-23-21-18-16-14-12-10-8-6-2/h33-36H,5-32H2,1-4H3. The molecule has 38 heavy (non-hydrogen) atoms. The first kappa shape index (κ1) is 35.4. The third-order valence-electron chi connectivity index (χ3n) is 8.84. The topological polar surface area (TPSA) is 6.48 Å². The molecule has 0 amide bonds. The quantitative estimate of drug-likeness (QED) is 0.0884. The lowest BCUT2D eigenvalue weighted by Gasteiger charge is -2.35. The molecule has 0 radical (unpaired) electrons. The molecule has 1 rings (SSSR count). The maximum atomic E-state index is 2.67. The van der Waals surface area contributed by atoms with E-state index in [4.69, 9.17) is 0 Å². The average molecular weight is 533 g/mol. The molecule has 1 heterocycles. The molecule has 1 aliphatic heterocycles. The van der Waals surface area contributed by atoms with Crippen LogP contribution in [0.4, 0.5) is 0 Å². The normalized spacial score (nSPS) is 15.4. The van der Waals surface area contributed by atoms with E-state index >= 15 is 0 Å². The molecule has 1 unspecified atom stereocenters. The summed E-state index contributed by atoms with van der Waals surface area (Å²) in [5.74, 6) is 0. The van der Waals surface area contributed by atoms with Crippen molar-refractivity contribution in [3.8, 4) is 0 Å². The summed E-state index contributed by atoms with van der Waals surface area (Å²) in [6.45, 7) is 10.6. The van der Waals surface area contributed by atoms with Crippen LogP contribution in [0, 0.1) is 0 Å². The number of hydrogen-bond donors (Lipinski definition) is 0. The molecule has 1 atom stereocenters. The average Bonchev–Trinajstić information content (AvgIpc) is 3.32. The SMILES string of the molecule is CCCCCCCCCCCCCCCCN1C=CN(C(C)C)C1CCCCCCCCCCCCCC. The Morgan fingerprint density at radius 2 is 0.789 bits per heavy atom. The van der Waals surface area contributed by atoms with E-state index in [-0.39, 0.29) is 0 Å². The maximum Gasteiger partial charge on any atom is 0.101 e. The van der Waals surface area contributed by atoms with Gasteiger partial charge in [0, 0.05) is 25.0 Å². The predicted octanol–water partition coefficient (Wildman–Crippen LogP) is 12.4. The van der Waals surface area contributed by atoms with Crippen LogP contribution in [0.5, 0.6) is 0 Å². The van der Waals surface area contributed by atoms with Crippen molar-refractivity contribution in [1.29, 1.82) is 0 Å². The number of hydrogen-bond acceptors (Lipinski definition) is 2. The predicted molar refractivity (Wildman–Crippen MR) is 173 cm³/mol. The zero-order chi connectivity index (χ0) is 27.5. The van der Waals surface area contributed by atoms with Crippen LogP contribution in [0.2, 0.25) is 0 Å². The molecular weight excluding hydrogens is 460 g/mol. The zero-order valence-electron chi connectivity index (χ0n) is 27.0. The highest BCUT2D eigenvalue weighted by Crippen LogP contribution is 2.25. The van der Waals surface area contributed by atoms with Crippen molar-refractivity contribution in [2.45, 2.75) is 213 Å². The minimum absolute atomic E-state index is 0.606. The Morgan fingerprint density at radius 1 is 0.447 bits per heavy atom. The van der Waals surface area contributed by atoms with Crippen molar-refractivity contribution in [2.24, 2.45) is 0 Å². The van der Waals surface area contributed by atoms with Gasteiger partial charge in [0.15, 0.2) is 0 Å². The van der Waals surface area contributed by atoms with Gasteiger partial charge in [0.2, 0.25) is 0 Å². The van der Waals surface area contributed by atoms with Crippen LogP contribution >= 0.6 is 0 Å². The van der Waals surface area contributed by atoms with Gasteiger partial charge in [0.05, 0.1) is 0 Å². The lowest BCUT2D eigenvalue weighted by atomic mass is 10.0. The minimum Gasteiger partial charge on any atom is -0.356 e. The molecule has 0 fully saturated rings. The van der Waals surface area contributed by atoms with E-state index in [0.29, 0.717) is 12.2 Å². The van der Waals surface area contributed by atoms with E-state index in [2.05, 4.69) is 49.9 Å². The van der Waals surface area contributed by atoms with Crippen molar-refractivity contribution in [2.75, 3.05) is 6.54 Å². The summed E-state index contributed by atoms with van der Waals surface area (Å²) in [7, 11) is 0. The Morgan fingerprint density at radius 3 is 1.16 bits per heavy atom. The number of rotatable bonds is 29. The summed E-state index contributed by atoms with van der Waals surface area (Å²) in [4.78, 5) is 5.28. The van der Waals surface area contributed by atoms with Crippen LogP contribution in [-0.2, 0) is 0 Å². The molecule has 226 valence electrons. The van der Waals surface area contributed by atoms with E-state index in [1.54, 1.807) is 0 Å². The fourth-order valence-corrected chi connectivity index (χ4v) is 6.24. The molecule has 0 aliphatic carbocycles. The molecule has 2 nitrogen and oxygen atoms in total. The summed E-state index contributed by atoms with van der Waals surface area (Å²) in [6, 6.07) is 0.606. The van der Waals surface area contributed by atoms with Gasteiger partial charge >= 0.3 is 0 Å². The summed E-state index contributed by atoms with van der Waals surface area (Å²) >= 11 is 0. The lowest BCUT2D eigenvalue weighted by molar-refractivity contribution is 0.114. The van der Waals surface area contributed by atoms with Crippen molar-refractivity contribution in [1.82, 2.24) is 9.80 Å². The van der Waals surface area contributed by atoms with Crippen LogP contribution in [-0.4, -0.2) is 28.6 Å². The Labute approximate surface area is 241 Å². The summed E-state index contributed by atoms with van der Waals surface area (Å²) < 4.78 is 0. The third kappa shape index (κ3) is 19.4. The van der Waals surface area contributed by atoms with Crippen LogP contribution in [0.1, 0.15) is 201 Å². The molecule has 0 saturated carbocycles. The highest BCUT2D eigenvalue weighted by Gasteiger charge is 2.26. The number of nitrogens with zero attached hydrogens (tertiary/aromatic N) is 2. The smallest absolute Gasteiger partial charge is 0.101 e. The van der Waals surface area contributed by atoms with Gasteiger partial charge in [-0.25, -0.2) is 0 Å². The van der Waals surface area contributed by atoms with E-state index in [1.165, 1.54) is 180 Å². The molecule has 0 bridgehead atoms. The molecule has 1 aliphatic rings. The van der Waals surface area contributed by atoms with E-state index < -0.39 is 0 Å². The van der Waals surface area contributed by atoms with Gasteiger partial charge < -0.3 is 9.80 Å². The fraction of sp³-hybridized carbons (Fsp3) is 0.944. The summed E-state index contributed by atoms with van der Waals surface area (Å²) in [5.41, 5.74) is 0. The van der Waals surface area contributed by atoms with Gasteiger partial charge in [-0.2, -0.15) is 0 Å². The van der Waals surface area contributed by atoms with Crippen molar-refractivity contribution < 1.29 is 0 Å². The summed E-state index contributed by atoms with van der Waals surface area (Å²) in [6.07, 6.45) is 44.2. The first-order valence-electron chi connectivity index (χ1n) is 17.9. The molecular formula is C36H72N2. The first-order chi connectivity index (χ1) is 18.7. The van der Waals surface area contributed by atoms with Gasteiger partial charge in [-0.3, -0.25) is 0 Å². The van der Waals surface area contributed by atoms with Crippen LogP contribution in [0.25, 0.3) is 0 Å². The number of unbranched alkanes of at least 4 members (excludes halogenated alkanes) is 24. The van der Waals surface area contributed by atoms with Gasteiger partial charge in [-0.15, -0.1) is 0 Å². The van der Waals surface area contributed by atoms with Crippen molar-refractivity contribution >= 4 is 0 Å². The van der Waals surface area contributed by atoms with Gasteiger partial charge in [0.25, 0.3) is 0 Å². The maximum absolute atomic E-state index is 2.67. The second kappa shape index (κ2) is 26.6. The van der Waals surface area contributed by atoms with Crippen LogP contribution < -0.4 is 0 Å². The third-order valence-corrected chi connectivity index (χ3v) is 8.84. The Bertz CT molecular complexity index is 500. The fourth-order valence-electron chi connectivity index (χ4n) is 6.24. The molecule has 0 saturated heterocycles. The van der Waals surface area contributed by atoms with E-state index in [0.717, 1.165) is 0 Å². The highest BCUT2D eigenvalue weighted by atomic mass is 15.4. The van der Waals surface area contributed by atoms with Crippen molar-refractivity contribution in [3.63, 3.8) is 0 Å². The van der Waals surface area contributed by atoms with E-state index in [9.17, 15) is 0 Å². The van der Waals surface area contributed by atoms with E-state index in [1.807, 2.05) is 0 Å². The molecule has 0 N–H and O–H groups in total. The molecule has 0 aromatic rings. The van der Waals surface area contributed by atoms with Gasteiger partial charge in [-0.1, -0.05) is 168 Å². The van der Waals surface area contributed by atoms with Crippen LogP contribution in [0.3, 0.4) is 0 Å².